The van der Waals surface area contributed by atoms with Gasteiger partial charge in [-0.3, -0.25) is 0 Å². The zero-order valence-corrected chi connectivity index (χ0v) is 9.12. The molecule has 0 fully saturated rings. The van der Waals surface area contributed by atoms with Crippen molar-refractivity contribution >= 4 is 5.97 Å². The van der Waals surface area contributed by atoms with E-state index < -0.39 is 0 Å². The minimum absolute atomic E-state index is 0.211. The van der Waals surface area contributed by atoms with E-state index in [1.807, 2.05) is 6.92 Å². The van der Waals surface area contributed by atoms with Crippen LogP contribution >= 0.6 is 0 Å². The van der Waals surface area contributed by atoms with Gasteiger partial charge in [-0.15, -0.1) is 0 Å². The molecule has 0 saturated heterocycles. The highest BCUT2D eigenvalue weighted by Crippen LogP contribution is 2.06. The average Bonchev–Trinajstić information content (AvgIpc) is 2.18. The van der Waals surface area contributed by atoms with Gasteiger partial charge in [0.05, 0.1) is 12.7 Å². The Morgan fingerprint density at radius 2 is 2.14 bits per heavy atom. The van der Waals surface area contributed by atoms with E-state index in [9.17, 15) is 4.79 Å². The Bertz CT molecular complexity index is 160. The summed E-state index contributed by atoms with van der Waals surface area (Å²) in [5.74, 6) is -0.364. The number of esters is 1. The lowest BCUT2D eigenvalue weighted by Crippen LogP contribution is -2.16. The summed E-state index contributed by atoms with van der Waals surface area (Å²) >= 11 is 0. The smallest absolute Gasteiger partial charge is 0.330 e. The summed E-state index contributed by atoms with van der Waals surface area (Å²) in [4.78, 5) is 10.7. The van der Waals surface area contributed by atoms with Crippen LogP contribution in [0.3, 0.4) is 0 Å². The second-order valence-corrected chi connectivity index (χ2v) is 3.03. The van der Waals surface area contributed by atoms with Crippen LogP contribution in [0.4, 0.5) is 0 Å². The summed E-state index contributed by atoms with van der Waals surface area (Å²) in [5.41, 5.74) is 0. The van der Waals surface area contributed by atoms with Gasteiger partial charge in [0.2, 0.25) is 0 Å². The third-order valence-electron chi connectivity index (χ3n) is 1.86. The van der Waals surface area contributed by atoms with Crippen molar-refractivity contribution in [2.75, 3.05) is 13.2 Å². The van der Waals surface area contributed by atoms with Crippen LogP contribution in [0.1, 0.15) is 33.1 Å². The van der Waals surface area contributed by atoms with Crippen LogP contribution in [-0.4, -0.2) is 25.3 Å². The Morgan fingerprint density at radius 3 is 2.64 bits per heavy atom. The van der Waals surface area contributed by atoms with Crippen LogP contribution in [0.25, 0.3) is 0 Å². The maximum atomic E-state index is 10.7. The first-order valence-electron chi connectivity index (χ1n) is 5.15. The van der Waals surface area contributed by atoms with Crippen molar-refractivity contribution in [2.24, 2.45) is 0 Å². The maximum absolute atomic E-state index is 10.7. The quantitative estimate of drug-likeness (QED) is 0.445. The van der Waals surface area contributed by atoms with Crippen LogP contribution in [0.5, 0.6) is 0 Å². The number of hydrogen-bond donors (Lipinski definition) is 0. The lowest BCUT2D eigenvalue weighted by Gasteiger charge is -2.15. The average molecular weight is 200 g/mol. The minimum Gasteiger partial charge on any atom is -0.462 e. The van der Waals surface area contributed by atoms with Gasteiger partial charge >= 0.3 is 5.97 Å². The molecule has 1 unspecified atom stereocenters. The number of carbonyl (C=O) groups is 1. The molecule has 0 aromatic rings. The Labute approximate surface area is 86.1 Å². The molecule has 3 nitrogen and oxygen atoms in total. The predicted octanol–water partition coefficient (Wildman–Crippen LogP) is 2.31. The Kier molecular flexibility index (Phi) is 8.24. The van der Waals surface area contributed by atoms with Crippen LogP contribution in [-0.2, 0) is 14.3 Å². The van der Waals surface area contributed by atoms with E-state index in [-0.39, 0.29) is 12.1 Å². The summed E-state index contributed by atoms with van der Waals surface area (Å²) in [7, 11) is 0. The first kappa shape index (κ1) is 13.2. The largest absolute Gasteiger partial charge is 0.462 e. The molecule has 1 atom stereocenters. The molecule has 0 aliphatic rings. The van der Waals surface area contributed by atoms with Gasteiger partial charge in [-0.05, 0) is 13.3 Å². The zero-order chi connectivity index (χ0) is 10.8. The van der Waals surface area contributed by atoms with Gasteiger partial charge in [0.1, 0.15) is 0 Å². The highest BCUT2D eigenvalue weighted by molar-refractivity contribution is 5.81. The highest BCUT2D eigenvalue weighted by Gasteiger charge is 2.07. The van der Waals surface area contributed by atoms with E-state index in [0.717, 1.165) is 19.3 Å². The number of hydrogen-bond acceptors (Lipinski definition) is 3. The van der Waals surface area contributed by atoms with Gasteiger partial charge < -0.3 is 9.47 Å². The van der Waals surface area contributed by atoms with Gasteiger partial charge in [-0.25, -0.2) is 4.79 Å². The van der Waals surface area contributed by atoms with E-state index in [0.29, 0.717) is 13.2 Å². The predicted molar refractivity (Wildman–Crippen MR) is 56.1 cm³/mol. The molecule has 0 rings (SSSR count). The van der Waals surface area contributed by atoms with Crippen LogP contribution in [0.15, 0.2) is 12.7 Å². The summed E-state index contributed by atoms with van der Waals surface area (Å²) < 4.78 is 10.4. The molecule has 14 heavy (non-hydrogen) atoms. The molecule has 0 aliphatic heterocycles. The van der Waals surface area contributed by atoms with Gasteiger partial charge in [0.25, 0.3) is 0 Å². The summed E-state index contributed by atoms with van der Waals surface area (Å²) in [6, 6.07) is 0. The van der Waals surface area contributed by atoms with Crippen molar-refractivity contribution in [2.45, 2.75) is 39.2 Å². The number of rotatable bonds is 8. The van der Waals surface area contributed by atoms with Crippen molar-refractivity contribution < 1.29 is 14.3 Å². The van der Waals surface area contributed by atoms with Crippen molar-refractivity contribution in [3.05, 3.63) is 12.7 Å². The van der Waals surface area contributed by atoms with Gasteiger partial charge in [-0.1, -0.05) is 19.9 Å². The summed E-state index contributed by atoms with van der Waals surface area (Å²) in [5, 5.41) is 0. The number of carbonyl (C=O) groups excluding carboxylic acids is 1. The molecule has 0 aromatic carbocycles. The van der Waals surface area contributed by atoms with Crippen molar-refractivity contribution in [3.63, 3.8) is 0 Å². The molecule has 3 heteroatoms. The van der Waals surface area contributed by atoms with Gasteiger partial charge in [0, 0.05) is 19.1 Å². The zero-order valence-electron chi connectivity index (χ0n) is 9.12. The van der Waals surface area contributed by atoms with Crippen LogP contribution in [0, 0.1) is 0 Å². The molecule has 0 aromatic heterocycles. The second-order valence-electron chi connectivity index (χ2n) is 3.03. The molecular formula is C11H20O3. The molecular weight excluding hydrogens is 180 g/mol. The van der Waals surface area contributed by atoms with Gasteiger partial charge in [0.15, 0.2) is 0 Å². The molecule has 82 valence electrons. The monoisotopic (exact) mass is 200 g/mol. The topological polar surface area (TPSA) is 35.5 Å². The van der Waals surface area contributed by atoms with Crippen LogP contribution in [0.2, 0.25) is 0 Å². The normalized spacial score (nSPS) is 12.1. The van der Waals surface area contributed by atoms with E-state index >= 15 is 0 Å². The van der Waals surface area contributed by atoms with Crippen molar-refractivity contribution in [1.29, 1.82) is 0 Å². The molecule has 0 N–H and O–H groups in total. The molecule has 0 bridgehead atoms. The standard InChI is InChI=1S/C11H20O3/c1-4-7-10(13-6-3)8-9-14-11(12)5-2/h5,10H,2,4,6-9H2,1,3H3. The fourth-order valence-electron chi connectivity index (χ4n) is 1.22. The van der Waals surface area contributed by atoms with E-state index in [1.54, 1.807) is 0 Å². The lowest BCUT2D eigenvalue weighted by atomic mass is 10.1. The molecule has 0 amide bonds. The first-order valence-corrected chi connectivity index (χ1v) is 5.15. The lowest BCUT2D eigenvalue weighted by molar-refractivity contribution is -0.138. The fourth-order valence-corrected chi connectivity index (χ4v) is 1.22. The Hall–Kier alpha value is -0.830. The molecule has 0 saturated carbocycles. The summed E-state index contributed by atoms with van der Waals surface area (Å²) in [6.45, 7) is 8.53. The van der Waals surface area contributed by atoms with Crippen molar-refractivity contribution in [3.8, 4) is 0 Å². The van der Waals surface area contributed by atoms with E-state index in [2.05, 4.69) is 13.5 Å². The molecule has 0 heterocycles. The van der Waals surface area contributed by atoms with Crippen molar-refractivity contribution in [1.82, 2.24) is 0 Å². The first-order chi connectivity index (χ1) is 6.74. The van der Waals surface area contributed by atoms with Gasteiger partial charge in [-0.2, -0.15) is 0 Å². The highest BCUT2D eigenvalue weighted by atomic mass is 16.5. The number of ether oxygens (including phenoxy) is 2. The third kappa shape index (κ3) is 6.66. The summed E-state index contributed by atoms with van der Waals surface area (Å²) in [6.07, 6.45) is 4.25. The third-order valence-corrected chi connectivity index (χ3v) is 1.86. The minimum atomic E-state index is -0.364. The molecule has 0 radical (unpaired) electrons. The molecule has 0 spiro atoms. The van der Waals surface area contributed by atoms with E-state index in [1.165, 1.54) is 6.08 Å². The molecule has 0 aliphatic carbocycles. The SMILES string of the molecule is C=CC(=O)OCCC(CCC)OCC. The maximum Gasteiger partial charge on any atom is 0.330 e. The fraction of sp³-hybridized carbons (Fsp3) is 0.727. The Balaban J connectivity index is 3.58. The van der Waals surface area contributed by atoms with E-state index in [4.69, 9.17) is 9.47 Å². The second kappa shape index (κ2) is 8.75. The Morgan fingerprint density at radius 1 is 1.43 bits per heavy atom. The van der Waals surface area contributed by atoms with Crippen LogP contribution < -0.4 is 0 Å².